The summed E-state index contributed by atoms with van der Waals surface area (Å²) < 4.78 is 19.0. The summed E-state index contributed by atoms with van der Waals surface area (Å²) in [5.41, 5.74) is 0.875. The highest BCUT2D eigenvalue weighted by atomic mass is 16.6. The number of carbonyl (C=O) groups excluding carboxylic acids is 1. The Labute approximate surface area is 172 Å². The number of nitrogens with zero attached hydrogens (tertiary/aromatic N) is 1. The van der Waals surface area contributed by atoms with Crippen LogP contribution in [0.4, 0.5) is 0 Å². The van der Waals surface area contributed by atoms with Crippen molar-refractivity contribution in [3.63, 3.8) is 0 Å². The van der Waals surface area contributed by atoms with Gasteiger partial charge in [-0.15, -0.1) is 0 Å². The van der Waals surface area contributed by atoms with Crippen LogP contribution in [0, 0.1) is 11.3 Å². The number of carbonyl (C=O) groups is 1. The van der Waals surface area contributed by atoms with Crippen LogP contribution in [0.1, 0.15) is 37.8 Å². The molecule has 1 saturated heterocycles. The van der Waals surface area contributed by atoms with Crippen molar-refractivity contribution in [2.24, 2.45) is 11.3 Å². The van der Waals surface area contributed by atoms with Crippen molar-refractivity contribution < 1.29 is 19.0 Å². The van der Waals surface area contributed by atoms with Crippen molar-refractivity contribution in [1.29, 1.82) is 0 Å². The van der Waals surface area contributed by atoms with E-state index in [9.17, 15) is 4.79 Å². The number of hydrogen-bond donors (Lipinski definition) is 0. The SMILES string of the molecule is COc1ccc2c3c1O[C@]1(C)[C@]34CCN(C)[C@H](C2)[C@]42C=C[C@@]1(OC)[C@H](C(C)=O)C2. The number of ether oxygens (including phenoxy) is 3. The highest BCUT2D eigenvalue weighted by Gasteiger charge is 2.84. The highest BCUT2D eigenvalue weighted by Crippen LogP contribution is 2.78. The molecule has 2 heterocycles. The van der Waals surface area contributed by atoms with Crippen molar-refractivity contribution in [2.45, 2.75) is 55.8 Å². The van der Waals surface area contributed by atoms with Crippen LogP contribution >= 0.6 is 0 Å². The van der Waals surface area contributed by atoms with Gasteiger partial charge in [-0.05, 0) is 58.3 Å². The van der Waals surface area contributed by atoms with Crippen LogP contribution < -0.4 is 9.47 Å². The van der Waals surface area contributed by atoms with Gasteiger partial charge in [0.1, 0.15) is 11.4 Å². The van der Waals surface area contributed by atoms with Crippen LogP contribution in [0.2, 0.25) is 0 Å². The van der Waals surface area contributed by atoms with Gasteiger partial charge in [-0.1, -0.05) is 18.2 Å². The summed E-state index contributed by atoms with van der Waals surface area (Å²) in [6, 6.07) is 4.61. The molecule has 1 aromatic rings. The molecule has 2 aliphatic heterocycles. The number of likely N-dealkylation sites (N-methyl/N-ethyl adjacent to an activating group) is 1. The summed E-state index contributed by atoms with van der Waals surface area (Å²) in [5, 5.41) is 0. The van der Waals surface area contributed by atoms with Crippen LogP contribution in [0.5, 0.6) is 11.5 Å². The minimum Gasteiger partial charge on any atom is -0.493 e. The van der Waals surface area contributed by atoms with Crippen molar-refractivity contribution in [1.82, 2.24) is 4.90 Å². The summed E-state index contributed by atoms with van der Waals surface area (Å²) in [6.07, 6.45) is 7.36. The van der Waals surface area contributed by atoms with Gasteiger partial charge < -0.3 is 19.1 Å². The fourth-order valence-electron chi connectivity index (χ4n) is 8.30. The molecule has 0 unspecified atom stereocenters. The Bertz CT molecular complexity index is 987. The van der Waals surface area contributed by atoms with E-state index in [0.29, 0.717) is 6.04 Å². The number of piperidine rings is 1. The van der Waals surface area contributed by atoms with E-state index in [4.69, 9.17) is 14.2 Å². The van der Waals surface area contributed by atoms with E-state index in [0.717, 1.165) is 37.3 Å². The van der Waals surface area contributed by atoms with Crippen LogP contribution in [-0.4, -0.2) is 55.7 Å². The molecule has 7 rings (SSSR count). The predicted molar refractivity (Wildman–Crippen MR) is 109 cm³/mol. The van der Waals surface area contributed by atoms with Gasteiger partial charge in [-0.3, -0.25) is 4.79 Å². The fourth-order valence-corrected chi connectivity index (χ4v) is 8.30. The first-order chi connectivity index (χ1) is 13.8. The summed E-state index contributed by atoms with van der Waals surface area (Å²) in [5.74, 6) is 1.62. The second kappa shape index (κ2) is 5.06. The number of fused-ring (bicyclic) bond motifs is 1. The van der Waals surface area contributed by atoms with Gasteiger partial charge in [-0.25, -0.2) is 0 Å². The Morgan fingerprint density at radius 2 is 2.07 bits per heavy atom. The maximum absolute atomic E-state index is 12.9. The monoisotopic (exact) mass is 395 g/mol. The zero-order valence-electron chi connectivity index (χ0n) is 17.9. The lowest BCUT2D eigenvalue weighted by Crippen LogP contribution is -2.84. The quantitative estimate of drug-likeness (QED) is 0.737. The molecule has 4 bridgehead atoms. The Balaban J connectivity index is 1.76. The van der Waals surface area contributed by atoms with Crippen molar-refractivity contribution >= 4 is 5.78 Å². The zero-order valence-corrected chi connectivity index (χ0v) is 17.9. The van der Waals surface area contributed by atoms with E-state index < -0.39 is 11.2 Å². The topological polar surface area (TPSA) is 48.0 Å². The summed E-state index contributed by atoms with van der Waals surface area (Å²) in [6.45, 7) is 4.92. The highest BCUT2D eigenvalue weighted by molar-refractivity contribution is 5.83. The number of methoxy groups -OCH3 is 2. The molecule has 6 atom stereocenters. The maximum Gasteiger partial charge on any atom is 0.166 e. The van der Waals surface area contributed by atoms with Gasteiger partial charge >= 0.3 is 0 Å². The first-order valence-electron chi connectivity index (χ1n) is 10.7. The van der Waals surface area contributed by atoms with Gasteiger partial charge in [0.2, 0.25) is 0 Å². The minimum atomic E-state index is -0.778. The number of Topliss-reactive ketones (excluding diaryl/α,β-unsaturated/α-hetero) is 1. The third kappa shape index (κ3) is 1.52. The third-order valence-electron chi connectivity index (χ3n) is 9.41. The normalized spacial score (nSPS) is 45.7. The first kappa shape index (κ1) is 18.0. The maximum atomic E-state index is 12.9. The number of benzene rings is 1. The summed E-state index contributed by atoms with van der Waals surface area (Å²) in [4.78, 5) is 15.4. The average Bonchev–Trinajstić information content (AvgIpc) is 3.00. The molecule has 5 nitrogen and oxygen atoms in total. The third-order valence-corrected chi connectivity index (χ3v) is 9.41. The lowest BCUT2D eigenvalue weighted by Gasteiger charge is -2.74. The molecule has 4 aliphatic carbocycles. The Hall–Kier alpha value is -1.85. The predicted octanol–water partition coefficient (Wildman–Crippen LogP) is 2.89. The average molecular weight is 395 g/mol. The molecule has 1 saturated carbocycles. The first-order valence-corrected chi connectivity index (χ1v) is 10.7. The standard InChI is InChI=1S/C24H29NO4/c1-14(26)16-13-22-8-9-24(16,28-5)21(2)23(22)10-11-25(3)18(22)12-15-6-7-17(27-4)20(29-21)19(15)23/h6-9,16,18H,10-13H2,1-5H3/t16-,18+,21+,22+,23-,24+/m0/s1. The second-order valence-corrected chi connectivity index (χ2v) is 9.86. The van der Waals surface area contributed by atoms with Gasteiger partial charge in [0.05, 0.1) is 18.4 Å². The Morgan fingerprint density at radius 1 is 1.28 bits per heavy atom. The number of rotatable bonds is 3. The van der Waals surface area contributed by atoms with Crippen molar-refractivity contribution in [3.05, 3.63) is 35.4 Å². The second-order valence-electron chi connectivity index (χ2n) is 9.86. The van der Waals surface area contributed by atoms with E-state index >= 15 is 0 Å². The van der Waals surface area contributed by atoms with E-state index in [2.05, 4.69) is 37.1 Å². The van der Waals surface area contributed by atoms with Gasteiger partial charge in [0.15, 0.2) is 17.1 Å². The molecule has 1 aromatic carbocycles. The zero-order chi connectivity index (χ0) is 20.4. The van der Waals surface area contributed by atoms with Gasteiger partial charge in [-0.2, -0.15) is 0 Å². The lowest BCUT2D eigenvalue weighted by atomic mass is 9.33. The molecule has 6 aliphatic rings. The van der Waals surface area contributed by atoms with Crippen molar-refractivity contribution in [2.75, 3.05) is 27.8 Å². The van der Waals surface area contributed by atoms with Gasteiger partial charge in [0, 0.05) is 24.1 Å². The number of ketones is 1. The molecular formula is C24H29NO4. The lowest BCUT2D eigenvalue weighted by molar-refractivity contribution is -0.255. The molecule has 2 fully saturated rings. The number of hydrogen-bond acceptors (Lipinski definition) is 5. The van der Waals surface area contributed by atoms with Crippen LogP contribution in [-0.2, 0) is 21.4 Å². The molecule has 0 radical (unpaired) electrons. The fraction of sp³-hybridized carbons (Fsp3) is 0.625. The minimum absolute atomic E-state index is 0.143. The van der Waals surface area contributed by atoms with E-state index in [1.54, 1.807) is 21.1 Å². The van der Waals surface area contributed by atoms with E-state index in [-0.39, 0.29) is 22.5 Å². The van der Waals surface area contributed by atoms with E-state index in [1.807, 2.05) is 6.07 Å². The smallest absolute Gasteiger partial charge is 0.166 e. The molecule has 5 heteroatoms. The molecule has 0 amide bonds. The Kier molecular flexibility index (Phi) is 3.14. The molecular weight excluding hydrogens is 366 g/mol. The van der Waals surface area contributed by atoms with Crippen LogP contribution in [0.25, 0.3) is 0 Å². The van der Waals surface area contributed by atoms with Crippen LogP contribution in [0.3, 0.4) is 0 Å². The molecule has 29 heavy (non-hydrogen) atoms. The Morgan fingerprint density at radius 3 is 2.76 bits per heavy atom. The summed E-state index contributed by atoms with van der Waals surface area (Å²) >= 11 is 0. The summed E-state index contributed by atoms with van der Waals surface area (Å²) in [7, 11) is 5.68. The largest absolute Gasteiger partial charge is 0.493 e. The molecule has 0 aromatic heterocycles. The van der Waals surface area contributed by atoms with E-state index in [1.165, 1.54) is 11.1 Å². The van der Waals surface area contributed by atoms with Crippen LogP contribution in [0.15, 0.2) is 24.3 Å². The van der Waals surface area contributed by atoms with Crippen molar-refractivity contribution in [3.8, 4) is 11.5 Å². The molecule has 154 valence electrons. The molecule has 2 spiro atoms. The number of likely N-dealkylation sites (tertiary alicyclic amines) is 1. The molecule has 0 N–H and O–H groups in total. The van der Waals surface area contributed by atoms with Gasteiger partial charge in [0.25, 0.3) is 0 Å².